The average Bonchev–Trinajstić information content (AvgIpc) is 3.16. The first-order chi connectivity index (χ1) is 9.54. The van der Waals surface area contributed by atoms with Crippen molar-refractivity contribution in [3.63, 3.8) is 0 Å². The van der Waals surface area contributed by atoms with Crippen LogP contribution in [0.5, 0.6) is 0 Å². The third-order valence-electron chi connectivity index (χ3n) is 4.01. The number of aryl methyl sites for hydroxylation is 2. The molecule has 0 radical (unpaired) electrons. The van der Waals surface area contributed by atoms with E-state index in [-0.39, 0.29) is 0 Å². The van der Waals surface area contributed by atoms with Gasteiger partial charge in [0, 0.05) is 37.8 Å². The molecule has 0 unspecified atom stereocenters. The Morgan fingerprint density at radius 2 is 2.10 bits per heavy atom. The van der Waals surface area contributed by atoms with E-state index in [1.54, 1.807) is 0 Å². The zero-order valence-corrected chi connectivity index (χ0v) is 13.7. The minimum absolute atomic E-state index is 0.507. The number of hydrogen-bond acceptors (Lipinski definition) is 3. The molecule has 4 heteroatoms. The number of nitrogens with one attached hydrogen (secondary N) is 1. The Bertz CT molecular complexity index is 432. The molecule has 4 nitrogen and oxygen atoms in total. The normalized spacial score (nSPS) is 15.1. The van der Waals surface area contributed by atoms with E-state index in [0.717, 1.165) is 24.8 Å². The lowest BCUT2D eigenvalue weighted by Gasteiger charge is -2.26. The molecule has 0 amide bonds. The molecule has 1 aliphatic carbocycles. The van der Waals surface area contributed by atoms with Gasteiger partial charge in [-0.05, 0) is 26.2 Å². The summed E-state index contributed by atoms with van der Waals surface area (Å²) < 4.78 is 2.08. The van der Waals surface area contributed by atoms with Gasteiger partial charge in [-0.15, -0.1) is 0 Å². The second-order valence-corrected chi connectivity index (χ2v) is 6.32. The molecule has 1 fully saturated rings. The van der Waals surface area contributed by atoms with Crippen molar-refractivity contribution in [2.24, 2.45) is 7.05 Å². The average molecular weight is 278 g/mol. The first-order valence-electron chi connectivity index (χ1n) is 8.07. The second-order valence-electron chi connectivity index (χ2n) is 6.32. The lowest BCUT2D eigenvalue weighted by atomic mass is 10.2. The van der Waals surface area contributed by atoms with Gasteiger partial charge in [-0.1, -0.05) is 27.2 Å². The molecule has 1 aromatic rings. The third kappa shape index (κ3) is 3.54. The fourth-order valence-corrected chi connectivity index (χ4v) is 2.74. The van der Waals surface area contributed by atoms with Gasteiger partial charge in [-0.25, -0.2) is 0 Å². The van der Waals surface area contributed by atoms with Crippen LogP contribution < -0.4 is 10.2 Å². The summed E-state index contributed by atoms with van der Waals surface area (Å²) in [5, 5.41) is 8.21. The number of hydrogen-bond donors (Lipinski definition) is 1. The lowest BCUT2D eigenvalue weighted by molar-refractivity contribution is 0.584. The molecule has 1 aromatic heterocycles. The molecular weight excluding hydrogens is 248 g/mol. The van der Waals surface area contributed by atoms with E-state index in [2.05, 4.69) is 54.7 Å². The summed E-state index contributed by atoms with van der Waals surface area (Å²) >= 11 is 0. The van der Waals surface area contributed by atoms with Gasteiger partial charge in [-0.3, -0.25) is 4.68 Å². The van der Waals surface area contributed by atoms with Gasteiger partial charge < -0.3 is 10.2 Å². The van der Waals surface area contributed by atoms with Crippen LogP contribution in [0.25, 0.3) is 0 Å². The zero-order valence-electron chi connectivity index (χ0n) is 13.7. The molecule has 20 heavy (non-hydrogen) atoms. The maximum Gasteiger partial charge on any atom is 0.131 e. The Balaban J connectivity index is 2.22. The van der Waals surface area contributed by atoms with Crippen LogP contribution in [0.1, 0.15) is 57.7 Å². The Kier molecular flexibility index (Phi) is 5.08. The second kappa shape index (κ2) is 6.61. The SMILES string of the molecule is CCCCN(c1c(CNC(C)C)c(C)nn1C)C1CC1. The highest BCUT2D eigenvalue weighted by Crippen LogP contribution is 2.34. The van der Waals surface area contributed by atoms with E-state index in [9.17, 15) is 0 Å². The van der Waals surface area contributed by atoms with Gasteiger partial charge in [0.05, 0.1) is 5.69 Å². The largest absolute Gasteiger partial charge is 0.354 e. The van der Waals surface area contributed by atoms with Gasteiger partial charge >= 0.3 is 0 Å². The fraction of sp³-hybridized carbons (Fsp3) is 0.812. The molecule has 1 saturated carbocycles. The summed E-state index contributed by atoms with van der Waals surface area (Å²) in [6.07, 6.45) is 5.19. The molecule has 1 N–H and O–H groups in total. The van der Waals surface area contributed by atoms with Crippen molar-refractivity contribution in [3.05, 3.63) is 11.3 Å². The highest BCUT2D eigenvalue weighted by Gasteiger charge is 2.32. The first-order valence-corrected chi connectivity index (χ1v) is 8.07. The fourth-order valence-electron chi connectivity index (χ4n) is 2.74. The van der Waals surface area contributed by atoms with Crippen LogP contribution in [-0.2, 0) is 13.6 Å². The molecule has 0 aliphatic heterocycles. The summed E-state index contributed by atoms with van der Waals surface area (Å²) in [6.45, 7) is 10.9. The highest BCUT2D eigenvalue weighted by molar-refractivity contribution is 5.52. The Morgan fingerprint density at radius 1 is 1.40 bits per heavy atom. The number of unbranched alkanes of at least 4 members (excludes halogenated alkanes) is 1. The lowest BCUT2D eigenvalue weighted by Crippen LogP contribution is -2.31. The Labute approximate surface area is 123 Å². The van der Waals surface area contributed by atoms with E-state index < -0.39 is 0 Å². The smallest absolute Gasteiger partial charge is 0.131 e. The Hall–Kier alpha value is -1.03. The van der Waals surface area contributed by atoms with E-state index in [1.165, 1.54) is 37.1 Å². The van der Waals surface area contributed by atoms with E-state index in [4.69, 9.17) is 0 Å². The quantitative estimate of drug-likeness (QED) is 0.793. The summed E-state index contributed by atoms with van der Waals surface area (Å²) in [5.41, 5.74) is 2.54. The minimum Gasteiger partial charge on any atom is -0.354 e. The summed E-state index contributed by atoms with van der Waals surface area (Å²) in [5.74, 6) is 1.34. The third-order valence-corrected chi connectivity index (χ3v) is 4.01. The molecule has 1 heterocycles. The first kappa shape index (κ1) is 15.4. The maximum absolute atomic E-state index is 4.66. The molecule has 0 aromatic carbocycles. The molecular formula is C16H30N4. The van der Waals surface area contributed by atoms with Gasteiger partial charge in [0.2, 0.25) is 0 Å². The van der Waals surface area contributed by atoms with Crippen LogP contribution in [-0.4, -0.2) is 28.4 Å². The van der Waals surface area contributed by atoms with Crippen molar-refractivity contribution in [1.82, 2.24) is 15.1 Å². The molecule has 2 rings (SSSR count). The number of anilines is 1. The van der Waals surface area contributed by atoms with Crippen LogP contribution >= 0.6 is 0 Å². The van der Waals surface area contributed by atoms with E-state index in [0.29, 0.717) is 6.04 Å². The number of nitrogens with zero attached hydrogens (tertiary/aromatic N) is 3. The van der Waals surface area contributed by atoms with Crippen molar-refractivity contribution in [1.29, 1.82) is 0 Å². The monoisotopic (exact) mass is 278 g/mol. The molecule has 0 bridgehead atoms. The van der Waals surface area contributed by atoms with Gasteiger partial charge in [0.15, 0.2) is 0 Å². The van der Waals surface area contributed by atoms with E-state index >= 15 is 0 Å². The summed E-state index contributed by atoms with van der Waals surface area (Å²) in [6, 6.07) is 1.25. The van der Waals surface area contributed by atoms with Crippen molar-refractivity contribution < 1.29 is 0 Å². The predicted octanol–water partition coefficient (Wildman–Crippen LogP) is 3.00. The molecule has 0 spiro atoms. The van der Waals surface area contributed by atoms with Crippen LogP contribution in [0.2, 0.25) is 0 Å². The van der Waals surface area contributed by atoms with Crippen molar-refractivity contribution in [3.8, 4) is 0 Å². The molecule has 0 saturated heterocycles. The van der Waals surface area contributed by atoms with Crippen molar-refractivity contribution >= 4 is 5.82 Å². The van der Waals surface area contributed by atoms with Crippen molar-refractivity contribution in [2.75, 3.05) is 11.4 Å². The topological polar surface area (TPSA) is 33.1 Å². The molecule has 1 aliphatic rings. The Morgan fingerprint density at radius 3 is 2.65 bits per heavy atom. The van der Waals surface area contributed by atoms with Crippen LogP contribution in [0, 0.1) is 6.92 Å². The minimum atomic E-state index is 0.507. The maximum atomic E-state index is 4.66. The van der Waals surface area contributed by atoms with Crippen LogP contribution in [0.15, 0.2) is 0 Å². The molecule has 0 atom stereocenters. The van der Waals surface area contributed by atoms with Crippen LogP contribution in [0.3, 0.4) is 0 Å². The standard InChI is InChI=1S/C16H30N4/c1-6-7-10-20(14-8-9-14)16-15(11-17-12(2)3)13(4)18-19(16)5/h12,14,17H,6-11H2,1-5H3. The summed E-state index contributed by atoms with van der Waals surface area (Å²) in [7, 11) is 2.09. The summed E-state index contributed by atoms with van der Waals surface area (Å²) in [4.78, 5) is 2.60. The zero-order chi connectivity index (χ0) is 14.7. The van der Waals surface area contributed by atoms with E-state index in [1.807, 2.05) is 0 Å². The predicted molar refractivity (Wildman–Crippen MR) is 85.2 cm³/mol. The molecule has 114 valence electrons. The van der Waals surface area contributed by atoms with Gasteiger partial charge in [0.1, 0.15) is 5.82 Å². The highest BCUT2D eigenvalue weighted by atomic mass is 15.4. The van der Waals surface area contributed by atoms with Gasteiger partial charge in [0.25, 0.3) is 0 Å². The van der Waals surface area contributed by atoms with Gasteiger partial charge in [-0.2, -0.15) is 5.10 Å². The van der Waals surface area contributed by atoms with Crippen molar-refractivity contribution in [2.45, 2.75) is 72.0 Å². The number of aromatic nitrogens is 2. The van der Waals surface area contributed by atoms with Crippen LogP contribution in [0.4, 0.5) is 5.82 Å². The number of rotatable bonds is 8.